The molecular formula is C23H28IN5O2. The van der Waals surface area contributed by atoms with E-state index in [2.05, 4.69) is 33.1 Å². The lowest BCUT2D eigenvalue weighted by molar-refractivity contribution is -0.130. The molecule has 0 aromatic heterocycles. The summed E-state index contributed by atoms with van der Waals surface area (Å²) in [5, 5.41) is 9.29. The minimum Gasteiger partial charge on any atom is -0.356 e. The number of amides is 2. The molecule has 164 valence electrons. The normalized spacial score (nSPS) is 17.6. The van der Waals surface area contributed by atoms with Crippen LogP contribution in [0, 0.1) is 0 Å². The van der Waals surface area contributed by atoms with E-state index in [9.17, 15) is 9.59 Å². The summed E-state index contributed by atoms with van der Waals surface area (Å²) in [4.78, 5) is 30.8. The third-order valence-electron chi connectivity index (χ3n) is 5.74. The van der Waals surface area contributed by atoms with Gasteiger partial charge in [0.1, 0.15) is 0 Å². The second kappa shape index (κ2) is 10.6. The smallest absolute Gasteiger partial charge is 0.242 e. The Hall–Kier alpha value is -2.62. The number of aliphatic imine (C=N–C) groups is 1. The fraction of sp³-hybridized carbons (Fsp3) is 0.348. The van der Waals surface area contributed by atoms with Crippen molar-refractivity contribution in [3.63, 3.8) is 0 Å². The summed E-state index contributed by atoms with van der Waals surface area (Å²) in [5.74, 6) is 0.686. The third kappa shape index (κ3) is 5.55. The predicted molar refractivity (Wildman–Crippen MR) is 133 cm³/mol. The Morgan fingerprint density at radius 2 is 1.87 bits per heavy atom. The van der Waals surface area contributed by atoms with E-state index in [1.54, 1.807) is 7.05 Å². The van der Waals surface area contributed by atoms with Crippen LogP contribution in [0.15, 0.2) is 53.5 Å². The first-order valence-corrected chi connectivity index (χ1v) is 10.3. The van der Waals surface area contributed by atoms with E-state index in [0.29, 0.717) is 25.5 Å². The molecule has 2 aromatic rings. The van der Waals surface area contributed by atoms with Crippen LogP contribution in [0.5, 0.6) is 0 Å². The van der Waals surface area contributed by atoms with Crippen LogP contribution in [-0.4, -0.2) is 49.4 Å². The van der Waals surface area contributed by atoms with E-state index in [4.69, 9.17) is 0 Å². The summed E-state index contributed by atoms with van der Waals surface area (Å²) in [6, 6.07) is 16.1. The largest absolute Gasteiger partial charge is 0.356 e. The Balaban J connectivity index is 0.00000272. The molecular weight excluding hydrogens is 505 g/mol. The fourth-order valence-corrected chi connectivity index (χ4v) is 4.10. The highest BCUT2D eigenvalue weighted by Crippen LogP contribution is 2.31. The number of rotatable bonds is 4. The number of benzene rings is 2. The van der Waals surface area contributed by atoms with Gasteiger partial charge >= 0.3 is 0 Å². The van der Waals surface area contributed by atoms with Gasteiger partial charge in [-0.2, -0.15) is 0 Å². The Labute approximate surface area is 199 Å². The number of guanidine groups is 1. The Kier molecular flexibility index (Phi) is 7.89. The maximum absolute atomic E-state index is 12.7. The van der Waals surface area contributed by atoms with Crippen molar-refractivity contribution >= 4 is 47.4 Å². The summed E-state index contributed by atoms with van der Waals surface area (Å²) in [5.41, 5.74) is 4.52. The molecule has 0 radical (unpaired) electrons. The van der Waals surface area contributed by atoms with Crippen LogP contribution in [0.4, 0.5) is 5.69 Å². The lowest BCUT2D eigenvalue weighted by Gasteiger charge is -2.29. The molecule has 0 spiro atoms. The Bertz CT molecular complexity index is 978. The summed E-state index contributed by atoms with van der Waals surface area (Å²) in [6.45, 7) is 2.13. The molecule has 4 rings (SSSR count). The molecule has 2 amide bonds. The van der Waals surface area contributed by atoms with Gasteiger partial charge in [-0.05, 0) is 29.2 Å². The predicted octanol–water partition coefficient (Wildman–Crippen LogP) is 2.48. The maximum atomic E-state index is 12.7. The van der Waals surface area contributed by atoms with Gasteiger partial charge in [0.2, 0.25) is 11.8 Å². The van der Waals surface area contributed by atoms with Gasteiger partial charge in [-0.25, -0.2) is 0 Å². The molecule has 7 nitrogen and oxygen atoms in total. The van der Waals surface area contributed by atoms with Gasteiger partial charge in [0.25, 0.3) is 0 Å². The molecule has 2 aromatic carbocycles. The van der Waals surface area contributed by atoms with Crippen LogP contribution in [-0.2, 0) is 22.6 Å². The maximum Gasteiger partial charge on any atom is 0.242 e. The molecule has 1 atom stereocenters. The van der Waals surface area contributed by atoms with Gasteiger partial charge < -0.3 is 20.9 Å². The highest BCUT2D eigenvalue weighted by molar-refractivity contribution is 14.0. The minimum absolute atomic E-state index is 0. The molecule has 2 heterocycles. The van der Waals surface area contributed by atoms with Gasteiger partial charge in [0, 0.05) is 44.7 Å². The van der Waals surface area contributed by atoms with E-state index >= 15 is 0 Å². The molecule has 31 heavy (non-hydrogen) atoms. The first kappa shape index (κ1) is 23.1. The van der Waals surface area contributed by atoms with E-state index < -0.39 is 0 Å². The van der Waals surface area contributed by atoms with Crippen molar-refractivity contribution in [2.24, 2.45) is 4.99 Å². The number of hydrogen-bond donors (Lipinski definition) is 3. The summed E-state index contributed by atoms with van der Waals surface area (Å²) in [7, 11) is 1.68. The van der Waals surface area contributed by atoms with Gasteiger partial charge in [0.05, 0.1) is 6.54 Å². The van der Waals surface area contributed by atoms with E-state index in [-0.39, 0.29) is 48.3 Å². The van der Waals surface area contributed by atoms with Crippen LogP contribution in [0.1, 0.15) is 29.0 Å². The number of carbonyl (C=O) groups is 2. The first-order valence-electron chi connectivity index (χ1n) is 10.3. The van der Waals surface area contributed by atoms with Gasteiger partial charge in [-0.15, -0.1) is 24.0 Å². The number of para-hydroxylation sites is 1. The molecule has 0 aliphatic carbocycles. The number of hydrogen-bond acceptors (Lipinski definition) is 3. The van der Waals surface area contributed by atoms with Gasteiger partial charge in [-0.3, -0.25) is 14.6 Å². The number of fused-ring (bicyclic) bond motifs is 2. The average Bonchev–Trinajstić information content (AvgIpc) is 2.78. The van der Waals surface area contributed by atoms with Crippen LogP contribution in [0.2, 0.25) is 0 Å². The van der Waals surface area contributed by atoms with Crippen molar-refractivity contribution in [1.29, 1.82) is 0 Å². The molecule has 1 unspecified atom stereocenters. The lowest BCUT2D eigenvalue weighted by Crippen LogP contribution is -2.46. The zero-order valence-corrected chi connectivity index (χ0v) is 19.9. The second-order valence-electron chi connectivity index (χ2n) is 7.68. The van der Waals surface area contributed by atoms with E-state index in [1.165, 1.54) is 11.1 Å². The molecule has 0 saturated heterocycles. The third-order valence-corrected chi connectivity index (χ3v) is 5.74. The molecule has 3 N–H and O–H groups in total. The molecule has 0 fully saturated rings. The van der Waals surface area contributed by atoms with Gasteiger partial charge in [-0.1, -0.05) is 42.5 Å². The van der Waals surface area contributed by atoms with Crippen molar-refractivity contribution in [3.05, 3.63) is 65.2 Å². The van der Waals surface area contributed by atoms with Gasteiger partial charge in [0.15, 0.2) is 5.96 Å². The first-order chi connectivity index (χ1) is 14.6. The molecule has 8 heteroatoms. The molecule has 0 bridgehead atoms. The zero-order chi connectivity index (χ0) is 20.9. The van der Waals surface area contributed by atoms with Crippen molar-refractivity contribution in [2.45, 2.75) is 25.3 Å². The Morgan fingerprint density at radius 3 is 2.68 bits per heavy atom. The van der Waals surface area contributed by atoms with Crippen molar-refractivity contribution < 1.29 is 9.59 Å². The molecule has 2 aliphatic rings. The average molecular weight is 533 g/mol. The molecule has 2 aliphatic heterocycles. The number of halogens is 1. The summed E-state index contributed by atoms with van der Waals surface area (Å²) < 4.78 is 0. The van der Waals surface area contributed by atoms with Crippen molar-refractivity contribution in [3.8, 4) is 0 Å². The van der Waals surface area contributed by atoms with Crippen LogP contribution < -0.4 is 16.0 Å². The standard InChI is InChI=1S/C23H27N5O2.HI/c1-24-23(25-13-18-12-21(29)27-20-9-5-4-8-19(18)20)26-14-22(30)28-11-10-16-6-2-3-7-17(16)15-28;/h2-9,18H,10-15H2,1H3,(H,27,29)(H2,24,25,26);1H. The van der Waals surface area contributed by atoms with Crippen molar-refractivity contribution in [1.82, 2.24) is 15.5 Å². The number of anilines is 1. The second-order valence-corrected chi connectivity index (χ2v) is 7.68. The van der Waals surface area contributed by atoms with Crippen LogP contribution >= 0.6 is 24.0 Å². The Morgan fingerprint density at radius 1 is 1.13 bits per heavy atom. The summed E-state index contributed by atoms with van der Waals surface area (Å²) >= 11 is 0. The lowest BCUT2D eigenvalue weighted by atomic mass is 9.90. The van der Waals surface area contributed by atoms with Crippen LogP contribution in [0.25, 0.3) is 0 Å². The quantitative estimate of drug-likeness (QED) is 0.321. The topological polar surface area (TPSA) is 85.8 Å². The number of nitrogens with zero attached hydrogens (tertiary/aromatic N) is 2. The highest BCUT2D eigenvalue weighted by atomic mass is 127. The minimum atomic E-state index is 0. The zero-order valence-electron chi connectivity index (χ0n) is 17.6. The van der Waals surface area contributed by atoms with Crippen molar-refractivity contribution in [2.75, 3.05) is 32.0 Å². The monoisotopic (exact) mass is 533 g/mol. The van der Waals surface area contributed by atoms with E-state index in [0.717, 1.165) is 24.2 Å². The number of carbonyl (C=O) groups excluding carboxylic acids is 2. The SMILES string of the molecule is CN=C(NCC(=O)N1CCc2ccccc2C1)NCC1CC(=O)Nc2ccccc21.I. The number of nitrogens with one attached hydrogen (secondary N) is 3. The van der Waals surface area contributed by atoms with Crippen LogP contribution in [0.3, 0.4) is 0 Å². The van der Waals surface area contributed by atoms with E-state index in [1.807, 2.05) is 41.3 Å². The highest BCUT2D eigenvalue weighted by Gasteiger charge is 2.25. The summed E-state index contributed by atoms with van der Waals surface area (Å²) in [6.07, 6.45) is 1.31. The molecule has 0 saturated carbocycles. The fourth-order valence-electron chi connectivity index (χ4n) is 4.10.